The van der Waals surface area contributed by atoms with Crippen molar-refractivity contribution in [2.45, 2.75) is 13.0 Å². The Kier molecular flexibility index (Phi) is 5.17. The van der Waals surface area contributed by atoms with Gasteiger partial charge in [-0.25, -0.2) is 9.78 Å². The number of hydrogen-bond donors (Lipinski definition) is 1. The minimum Gasteiger partial charge on any atom is -0.465 e. The molecule has 5 rings (SSSR count). The second-order valence-corrected chi connectivity index (χ2v) is 8.75. The molecule has 0 radical (unpaired) electrons. The topological polar surface area (TPSA) is 91.6 Å². The maximum Gasteiger partial charge on any atom is 0.407 e. The lowest BCUT2D eigenvalue weighted by molar-refractivity contribution is 0.0507. The molecule has 1 aliphatic heterocycles. The van der Waals surface area contributed by atoms with Crippen LogP contribution in [0.4, 0.5) is 4.79 Å². The molecule has 4 aromatic rings. The smallest absolute Gasteiger partial charge is 0.407 e. The summed E-state index contributed by atoms with van der Waals surface area (Å²) in [6.45, 7) is 2.80. The standard InChI is InChI=1S/C24H22ClN5O3/c1-14-13-29(7-8-30(14)24(32)33)23(31)16-3-5-18-19(25)11-20(27-21(18)10-16)15-4-6-22-17(9-15)12-26-28(22)2/h3-6,9-12,14H,7-8,13H2,1-2H3,(H,32,33)/t14-/m0/s1. The Morgan fingerprint density at radius 1 is 1.12 bits per heavy atom. The van der Waals surface area contributed by atoms with E-state index in [0.717, 1.165) is 21.9 Å². The third kappa shape index (κ3) is 3.76. The number of carboxylic acid groups (broad SMARTS) is 1. The van der Waals surface area contributed by atoms with E-state index in [1.54, 1.807) is 24.0 Å². The Labute approximate surface area is 195 Å². The van der Waals surface area contributed by atoms with Crippen LogP contribution in [0.25, 0.3) is 33.1 Å². The number of carbonyl (C=O) groups is 2. The Morgan fingerprint density at radius 2 is 1.94 bits per heavy atom. The van der Waals surface area contributed by atoms with Crippen LogP contribution in [0.5, 0.6) is 0 Å². The summed E-state index contributed by atoms with van der Waals surface area (Å²) in [6.07, 6.45) is 0.847. The average Bonchev–Trinajstić information content (AvgIpc) is 3.17. The molecule has 1 saturated heterocycles. The molecule has 2 amide bonds. The van der Waals surface area contributed by atoms with Gasteiger partial charge in [-0.1, -0.05) is 23.7 Å². The highest BCUT2D eigenvalue weighted by atomic mass is 35.5. The second kappa shape index (κ2) is 8.04. The van der Waals surface area contributed by atoms with Gasteiger partial charge in [0, 0.05) is 54.6 Å². The Balaban J connectivity index is 1.48. The van der Waals surface area contributed by atoms with Gasteiger partial charge in [0.15, 0.2) is 0 Å². The van der Waals surface area contributed by atoms with Gasteiger partial charge in [-0.15, -0.1) is 0 Å². The van der Waals surface area contributed by atoms with E-state index in [4.69, 9.17) is 16.6 Å². The molecular formula is C24H22ClN5O3. The number of piperazine rings is 1. The van der Waals surface area contributed by atoms with Crippen molar-refractivity contribution in [3.8, 4) is 11.3 Å². The molecule has 2 aromatic heterocycles. The zero-order valence-corrected chi connectivity index (χ0v) is 19.0. The van der Waals surface area contributed by atoms with Crippen molar-refractivity contribution in [3.63, 3.8) is 0 Å². The van der Waals surface area contributed by atoms with Crippen molar-refractivity contribution in [2.24, 2.45) is 7.05 Å². The quantitative estimate of drug-likeness (QED) is 0.479. The molecular weight excluding hydrogens is 442 g/mol. The highest BCUT2D eigenvalue weighted by molar-refractivity contribution is 6.35. The Bertz CT molecular complexity index is 1420. The summed E-state index contributed by atoms with van der Waals surface area (Å²) in [4.78, 5) is 32.3. The van der Waals surface area contributed by atoms with E-state index in [0.29, 0.717) is 41.4 Å². The van der Waals surface area contributed by atoms with Gasteiger partial charge in [-0.05, 0) is 37.3 Å². The molecule has 1 aliphatic rings. The SMILES string of the molecule is C[C@H]1CN(C(=O)c2ccc3c(Cl)cc(-c4ccc5c(cnn5C)c4)nc3c2)CCN1C(=O)O. The van der Waals surface area contributed by atoms with Crippen molar-refractivity contribution in [3.05, 3.63) is 59.2 Å². The third-order valence-corrected chi connectivity index (χ3v) is 6.52. The second-order valence-electron chi connectivity index (χ2n) is 8.34. The molecule has 2 aromatic carbocycles. The molecule has 0 bridgehead atoms. The number of benzene rings is 2. The average molecular weight is 464 g/mol. The van der Waals surface area contributed by atoms with E-state index in [9.17, 15) is 14.7 Å². The molecule has 1 fully saturated rings. The molecule has 0 spiro atoms. The van der Waals surface area contributed by atoms with Crippen LogP contribution in [0.1, 0.15) is 17.3 Å². The van der Waals surface area contributed by atoms with Crippen molar-refractivity contribution in [1.82, 2.24) is 24.6 Å². The molecule has 8 nitrogen and oxygen atoms in total. The van der Waals surface area contributed by atoms with Crippen molar-refractivity contribution in [2.75, 3.05) is 19.6 Å². The highest BCUT2D eigenvalue weighted by Crippen LogP contribution is 2.30. The van der Waals surface area contributed by atoms with Gasteiger partial charge in [-0.3, -0.25) is 9.48 Å². The first-order valence-electron chi connectivity index (χ1n) is 10.6. The number of carbonyl (C=O) groups excluding carboxylic acids is 1. The minimum absolute atomic E-state index is 0.145. The first-order chi connectivity index (χ1) is 15.8. The molecule has 0 saturated carbocycles. The summed E-state index contributed by atoms with van der Waals surface area (Å²) in [7, 11) is 1.90. The summed E-state index contributed by atoms with van der Waals surface area (Å²) in [5.74, 6) is -0.145. The summed E-state index contributed by atoms with van der Waals surface area (Å²) in [5, 5.41) is 15.9. The van der Waals surface area contributed by atoms with Gasteiger partial charge < -0.3 is 14.9 Å². The number of fused-ring (bicyclic) bond motifs is 2. The number of hydrogen-bond acceptors (Lipinski definition) is 4. The fourth-order valence-corrected chi connectivity index (χ4v) is 4.66. The molecule has 9 heteroatoms. The predicted molar refractivity (Wildman–Crippen MR) is 127 cm³/mol. The van der Waals surface area contributed by atoms with E-state index in [1.165, 1.54) is 4.90 Å². The Hall–Kier alpha value is -3.65. The highest BCUT2D eigenvalue weighted by Gasteiger charge is 2.30. The number of pyridine rings is 1. The Morgan fingerprint density at radius 3 is 2.70 bits per heavy atom. The van der Waals surface area contributed by atoms with Crippen molar-refractivity contribution >= 4 is 45.4 Å². The van der Waals surface area contributed by atoms with Crippen LogP contribution < -0.4 is 0 Å². The monoisotopic (exact) mass is 463 g/mol. The molecule has 0 unspecified atom stereocenters. The van der Waals surface area contributed by atoms with Crippen LogP contribution in [-0.2, 0) is 7.05 Å². The maximum absolute atomic E-state index is 13.1. The summed E-state index contributed by atoms with van der Waals surface area (Å²) in [5.41, 5.74) is 3.78. The van der Waals surface area contributed by atoms with Gasteiger partial charge in [-0.2, -0.15) is 5.10 Å². The lowest BCUT2D eigenvalue weighted by Crippen LogP contribution is -2.55. The van der Waals surface area contributed by atoms with Gasteiger partial charge >= 0.3 is 6.09 Å². The normalized spacial score (nSPS) is 16.5. The predicted octanol–water partition coefficient (Wildman–Crippen LogP) is 4.27. The number of amides is 2. The van der Waals surface area contributed by atoms with Crippen molar-refractivity contribution in [1.29, 1.82) is 0 Å². The van der Waals surface area contributed by atoms with E-state index in [1.807, 2.05) is 48.3 Å². The number of nitrogens with zero attached hydrogens (tertiary/aromatic N) is 5. The van der Waals surface area contributed by atoms with Crippen LogP contribution in [-0.4, -0.2) is 67.3 Å². The first-order valence-corrected chi connectivity index (χ1v) is 11.0. The van der Waals surface area contributed by atoms with Crippen LogP contribution in [0, 0.1) is 0 Å². The molecule has 1 N–H and O–H groups in total. The minimum atomic E-state index is -0.962. The lowest BCUT2D eigenvalue weighted by Gasteiger charge is -2.38. The van der Waals surface area contributed by atoms with Gasteiger partial charge in [0.25, 0.3) is 5.91 Å². The van der Waals surface area contributed by atoms with E-state index in [2.05, 4.69) is 5.10 Å². The van der Waals surface area contributed by atoms with E-state index >= 15 is 0 Å². The zero-order chi connectivity index (χ0) is 23.3. The lowest BCUT2D eigenvalue weighted by atomic mass is 10.1. The van der Waals surface area contributed by atoms with Gasteiger partial charge in [0.2, 0.25) is 0 Å². The van der Waals surface area contributed by atoms with Crippen LogP contribution in [0.3, 0.4) is 0 Å². The van der Waals surface area contributed by atoms with Crippen LogP contribution >= 0.6 is 11.6 Å². The van der Waals surface area contributed by atoms with Gasteiger partial charge in [0.05, 0.1) is 27.9 Å². The molecule has 168 valence electrons. The number of aryl methyl sites for hydroxylation is 1. The van der Waals surface area contributed by atoms with E-state index in [-0.39, 0.29) is 11.9 Å². The molecule has 1 atom stereocenters. The summed E-state index contributed by atoms with van der Waals surface area (Å²) in [6, 6.07) is 12.9. The van der Waals surface area contributed by atoms with Crippen LogP contribution in [0.2, 0.25) is 5.02 Å². The fraction of sp³-hybridized carbons (Fsp3) is 0.250. The van der Waals surface area contributed by atoms with Crippen LogP contribution in [0.15, 0.2) is 48.7 Å². The number of rotatable bonds is 2. The molecule has 33 heavy (non-hydrogen) atoms. The fourth-order valence-electron chi connectivity index (χ4n) is 4.40. The largest absolute Gasteiger partial charge is 0.465 e. The number of aromatic nitrogens is 3. The molecule has 0 aliphatic carbocycles. The molecule has 3 heterocycles. The zero-order valence-electron chi connectivity index (χ0n) is 18.2. The third-order valence-electron chi connectivity index (χ3n) is 6.21. The summed E-state index contributed by atoms with van der Waals surface area (Å²) >= 11 is 6.57. The first kappa shape index (κ1) is 21.2. The maximum atomic E-state index is 13.1. The summed E-state index contributed by atoms with van der Waals surface area (Å²) < 4.78 is 1.81. The van der Waals surface area contributed by atoms with E-state index < -0.39 is 6.09 Å². The van der Waals surface area contributed by atoms with Gasteiger partial charge in [0.1, 0.15) is 0 Å². The van der Waals surface area contributed by atoms with Crippen molar-refractivity contribution < 1.29 is 14.7 Å². The number of halogens is 1.